The Morgan fingerprint density at radius 1 is 1.37 bits per heavy atom. The Balaban J connectivity index is 2.07. The van der Waals surface area contributed by atoms with Gasteiger partial charge in [0, 0.05) is 27.3 Å². The quantitative estimate of drug-likeness (QED) is 0.924. The number of nitrogens with zero attached hydrogens (tertiary/aromatic N) is 1. The van der Waals surface area contributed by atoms with Gasteiger partial charge in [-0.3, -0.25) is 9.59 Å². The number of rotatable bonds is 2. The first-order valence-electron chi connectivity index (χ1n) is 5.82. The molecule has 0 radical (unpaired) electrons. The summed E-state index contributed by atoms with van der Waals surface area (Å²) in [7, 11) is 0. The zero-order valence-corrected chi connectivity index (χ0v) is 11.6. The molecule has 0 saturated heterocycles. The number of aliphatic carboxylic acids is 1. The number of carbonyl (C=O) groups is 2. The average Bonchev–Trinajstić information content (AvgIpc) is 2.68. The van der Waals surface area contributed by atoms with Crippen molar-refractivity contribution >= 4 is 45.1 Å². The molecule has 3 rings (SSSR count). The van der Waals surface area contributed by atoms with Gasteiger partial charge in [0.05, 0.1) is 0 Å². The van der Waals surface area contributed by atoms with Gasteiger partial charge in [0.25, 0.3) is 5.91 Å². The van der Waals surface area contributed by atoms with E-state index in [-0.39, 0.29) is 12.5 Å². The molecule has 1 N–H and O–H groups in total. The fraction of sp³-hybridized carbons (Fsp3) is 0.231. The van der Waals surface area contributed by atoms with Crippen LogP contribution in [0.5, 0.6) is 0 Å². The molecule has 1 aromatic carbocycles. The second kappa shape index (κ2) is 4.86. The van der Waals surface area contributed by atoms with Crippen LogP contribution < -0.4 is 0 Å². The SMILES string of the molecule is O=C(O)CN1CCSc2c(sc3ccccc23)C1=O. The number of hydrogen-bond acceptors (Lipinski definition) is 4. The van der Waals surface area contributed by atoms with Gasteiger partial charge in [-0.05, 0) is 6.07 Å². The number of carboxylic acid groups (broad SMARTS) is 1. The average molecular weight is 293 g/mol. The molecule has 0 atom stereocenters. The van der Waals surface area contributed by atoms with E-state index in [2.05, 4.69) is 0 Å². The zero-order chi connectivity index (χ0) is 13.4. The van der Waals surface area contributed by atoms with E-state index in [0.717, 1.165) is 20.7 Å². The standard InChI is InChI=1S/C13H11NO3S2/c15-10(16)7-14-5-6-18-11-8-3-1-2-4-9(8)19-12(11)13(14)17/h1-4H,5-7H2,(H,15,16). The molecule has 1 aliphatic heterocycles. The van der Waals surface area contributed by atoms with Crippen LogP contribution in [0.15, 0.2) is 29.2 Å². The molecule has 98 valence electrons. The second-order valence-corrected chi connectivity index (χ2v) is 6.38. The Morgan fingerprint density at radius 2 is 2.16 bits per heavy atom. The van der Waals surface area contributed by atoms with Crippen molar-refractivity contribution in [3.63, 3.8) is 0 Å². The Labute approximate surface area is 118 Å². The third-order valence-electron chi connectivity index (χ3n) is 2.97. The van der Waals surface area contributed by atoms with Gasteiger partial charge >= 0.3 is 5.97 Å². The first kappa shape index (κ1) is 12.5. The van der Waals surface area contributed by atoms with E-state index in [9.17, 15) is 9.59 Å². The summed E-state index contributed by atoms with van der Waals surface area (Å²) in [6.07, 6.45) is 0. The number of carbonyl (C=O) groups excluding carboxylic acids is 1. The van der Waals surface area contributed by atoms with Gasteiger partial charge < -0.3 is 10.0 Å². The predicted octanol–water partition coefficient (Wildman–Crippen LogP) is 2.53. The lowest BCUT2D eigenvalue weighted by atomic mass is 10.2. The van der Waals surface area contributed by atoms with Crippen LogP contribution in [0.4, 0.5) is 0 Å². The first-order chi connectivity index (χ1) is 9.16. The van der Waals surface area contributed by atoms with E-state index in [1.807, 2.05) is 24.3 Å². The Morgan fingerprint density at radius 3 is 2.95 bits per heavy atom. The summed E-state index contributed by atoms with van der Waals surface area (Å²) < 4.78 is 1.07. The molecular formula is C13H11NO3S2. The summed E-state index contributed by atoms with van der Waals surface area (Å²) in [4.78, 5) is 26.3. The number of benzene rings is 1. The Hall–Kier alpha value is -1.53. The maximum absolute atomic E-state index is 12.4. The molecule has 19 heavy (non-hydrogen) atoms. The summed E-state index contributed by atoms with van der Waals surface area (Å²) in [5, 5.41) is 9.96. The fourth-order valence-corrected chi connectivity index (χ4v) is 4.62. The lowest BCUT2D eigenvalue weighted by Gasteiger charge is -2.16. The van der Waals surface area contributed by atoms with Gasteiger partial charge in [0.15, 0.2) is 0 Å². The molecule has 0 fully saturated rings. The number of amides is 1. The van der Waals surface area contributed by atoms with E-state index >= 15 is 0 Å². The lowest BCUT2D eigenvalue weighted by molar-refractivity contribution is -0.137. The summed E-state index contributed by atoms with van der Waals surface area (Å²) in [6, 6.07) is 7.91. The maximum atomic E-state index is 12.4. The van der Waals surface area contributed by atoms with Crippen molar-refractivity contribution in [3.05, 3.63) is 29.1 Å². The van der Waals surface area contributed by atoms with Crippen LogP contribution >= 0.6 is 23.1 Å². The number of thioether (sulfide) groups is 1. The monoisotopic (exact) mass is 293 g/mol. The van der Waals surface area contributed by atoms with Gasteiger partial charge in [0.2, 0.25) is 0 Å². The van der Waals surface area contributed by atoms with Gasteiger partial charge in [-0.1, -0.05) is 18.2 Å². The molecule has 0 saturated carbocycles. The Bertz CT molecular complexity index is 665. The first-order valence-corrected chi connectivity index (χ1v) is 7.62. The molecule has 2 aromatic rings. The smallest absolute Gasteiger partial charge is 0.323 e. The van der Waals surface area contributed by atoms with Crippen LogP contribution in [0.25, 0.3) is 10.1 Å². The third-order valence-corrected chi connectivity index (χ3v) is 5.35. The summed E-state index contributed by atoms with van der Waals surface area (Å²) in [6.45, 7) is 0.249. The van der Waals surface area contributed by atoms with Gasteiger partial charge in [-0.25, -0.2) is 0 Å². The van der Waals surface area contributed by atoms with E-state index in [0.29, 0.717) is 11.4 Å². The molecule has 0 spiro atoms. The van der Waals surface area contributed by atoms with Crippen molar-refractivity contribution < 1.29 is 14.7 Å². The lowest BCUT2D eigenvalue weighted by Crippen LogP contribution is -2.36. The van der Waals surface area contributed by atoms with Crippen LogP contribution in [0.2, 0.25) is 0 Å². The van der Waals surface area contributed by atoms with Crippen molar-refractivity contribution in [2.45, 2.75) is 4.90 Å². The van der Waals surface area contributed by atoms with Crippen LogP contribution in [0.3, 0.4) is 0 Å². The summed E-state index contributed by atoms with van der Waals surface area (Å²) in [5.41, 5.74) is 0. The molecule has 0 bridgehead atoms. The molecule has 1 amide bonds. The van der Waals surface area contributed by atoms with Gasteiger partial charge in [-0.2, -0.15) is 0 Å². The van der Waals surface area contributed by atoms with Crippen molar-refractivity contribution in [1.29, 1.82) is 0 Å². The summed E-state index contributed by atoms with van der Waals surface area (Å²) in [5.74, 6) is -0.404. The minimum Gasteiger partial charge on any atom is -0.480 e. The van der Waals surface area contributed by atoms with E-state index < -0.39 is 5.97 Å². The van der Waals surface area contributed by atoms with Crippen molar-refractivity contribution in [1.82, 2.24) is 4.90 Å². The van der Waals surface area contributed by atoms with Gasteiger partial charge in [0.1, 0.15) is 11.4 Å². The van der Waals surface area contributed by atoms with Gasteiger partial charge in [-0.15, -0.1) is 23.1 Å². The van der Waals surface area contributed by atoms with Crippen LogP contribution in [0, 0.1) is 0 Å². The van der Waals surface area contributed by atoms with Crippen molar-refractivity contribution in [2.24, 2.45) is 0 Å². The number of hydrogen-bond donors (Lipinski definition) is 1. The largest absolute Gasteiger partial charge is 0.480 e. The highest BCUT2D eigenvalue weighted by molar-refractivity contribution is 7.99. The van der Waals surface area contributed by atoms with Crippen LogP contribution in [-0.2, 0) is 4.79 Å². The highest BCUT2D eigenvalue weighted by atomic mass is 32.2. The molecule has 0 aliphatic carbocycles. The van der Waals surface area contributed by atoms with Crippen LogP contribution in [-0.4, -0.2) is 40.7 Å². The number of fused-ring (bicyclic) bond motifs is 3. The molecule has 6 heteroatoms. The van der Waals surface area contributed by atoms with Crippen molar-refractivity contribution in [3.8, 4) is 0 Å². The maximum Gasteiger partial charge on any atom is 0.323 e. The molecule has 0 unspecified atom stereocenters. The predicted molar refractivity (Wildman–Crippen MR) is 76.1 cm³/mol. The third kappa shape index (κ3) is 2.21. The van der Waals surface area contributed by atoms with E-state index in [1.54, 1.807) is 11.8 Å². The number of carboxylic acids is 1. The topological polar surface area (TPSA) is 57.6 Å². The molecular weight excluding hydrogens is 282 g/mol. The summed E-state index contributed by atoms with van der Waals surface area (Å²) >= 11 is 3.08. The normalized spacial score (nSPS) is 15.4. The minimum atomic E-state index is -0.970. The highest BCUT2D eigenvalue weighted by Gasteiger charge is 2.27. The Kier molecular flexibility index (Phi) is 3.20. The van der Waals surface area contributed by atoms with E-state index in [1.165, 1.54) is 16.2 Å². The highest BCUT2D eigenvalue weighted by Crippen LogP contribution is 2.40. The van der Waals surface area contributed by atoms with E-state index in [4.69, 9.17) is 5.11 Å². The molecule has 4 nitrogen and oxygen atoms in total. The second-order valence-electron chi connectivity index (χ2n) is 4.23. The van der Waals surface area contributed by atoms with Crippen molar-refractivity contribution in [2.75, 3.05) is 18.8 Å². The molecule has 1 aliphatic rings. The van der Waals surface area contributed by atoms with Crippen LogP contribution in [0.1, 0.15) is 9.67 Å². The molecule has 2 heterocycles. The minimum absolute atomic E-state index is 0.163. The zero-order valence-electron chi connectivity index (χ0n) is 9.96. The number of thiophene rings is 1. The fourth-order valence-electron chi connectivity index (χ4n) is 2.12. The molecule has 1 aromatic heterocycles.